The van der Waals surface area contributed by atoms with E-state index < -0.39 is 18.0 Å². The van der Waals surface area contributed by atoms with Gasteiger partial charge < -0.3 is 20.5 Å². The topological polar surface area (TPSA) is 84.5 Å². The molecule has 6 nitrogen and oxygen atoms in total. The van der Waals surface area contributed by atoms with Gasteiger partial charge in [0.15, 0.2) is 0 Å². The van der Waals surface area contributed by atoms with E-state index in [0.29, 0.717) is 13.2 Å². The van der Waals surface area contributed by atoms with Crippen LogP contribution in [-0.4, -0.2) is 47.5 Å². The zero-order valence-electron chi connectivity index (χ0n) is 9.89. The number of nitrogens with two attached hydrogens (primary N) is 1. The number of alkyl halides is 3. The zero-order chi connectivity index (χ0) is 14.0. The van der Waals surface area contributed by atoms with E-state index in [9.17, 15) is 18.3 Å². The molecule has 0 aliphatic carbocycles. The molecule has 0 spiro atoms. The Bertz CT molecular complexity index is 455. The van der Waals surface area contributed by atoms with Crippen molar-refractivity contribution in [3.8, 4) is 0 Å². The van der Waals surface area contributed by atoms with Crippen molar-refractivity contribution >= 4 is 11.6 Å². The van der Waals surface area contributed by atoms with Crippen LogP contribution in [0.25, 0.3) is 0 Å². The maximum Gasteiger partial charge on any atom is 0.451 e. The SMILES string of the molecule is Nc1cc(N2CCOCC2CO)nc(C(F)(F)F)n1. The Morgan fingerprint density at radius 1 is 1.47 bits per heavy atom. The molecule has 1 fully saturated rings. The molecule has 0 bridgehead atoms. The smallest absolute Gasteiger partial charge is 0.394 e. The average Bonchev–Trinajstić information content (AvgIpc) is 2.37. The van der Waals surface area contributed by atoms with Crippen molar-refractivity contribution in [2.45, 2.75) is 12.2 Å². The van der Waals surface area contributed by atoms with Crippen LogP contribution in [0.4, 0.5) is 24.8 Å². The summed E-state index contributed by atoms with van der Waals surface area (Å²) in [5.41, 5.74) is 5.38. The van der Waals surface area contributed by atoms with Gasteiger partial charge in [0.2, 0.25) is 5.82 Å². The second kappa shape index (κ2) is 5.17. The molecule has 2 rings (SSSR count). The molecule has 0 radical (unpaired) electrons. The Labute approximate surface area is 107 Å². The van der Waals surface area contributed by atoms with Gasteiger partial charge in [-0.3, -0.25) is 0 Å². The molecule has 3 N–H and O–H groups in total. The van der Waals surface area contributed by atoms with Gasteiger partial charge in [-0.2, -0.15) is 13.2 Å². The normalized spacial score (nSPS) is 20.6. The molecule has 1 unspecified atom stereocenters. The van der Waals surface area contributed by atoms with Gasteiger partial charge in [-0.15, -0.1) is 0 Å². The molecule has 1 aromatic rings. The van der Waals surface area contributed by atoms with Crippen LogP contribution in [0.15, 0.2) is 6.07 Å². The molecular weight excluding hydrogens is 265 g/mol. The molecule has 2 heterocycles. The van der Waals surface area contributed by atoms with Gasteiger partial charge in [0.1, 0.15) is 11.6 Å². The summed E-state index contributed by atoms with van der Waals surface area (Å²) >= 11 is 0. The predicted molar refractivity (Wildman–Crippen MR) is 60.5 cm³/mol. The highest BCUT2D eigenvalue weighted by Gasteiger charge is 2.36. The largest absolute Gasteiger partial charge is 0.451 e. The van der Waals surface area contributed by atoms with Crippen LogP contribution in [0.2, 0.25) is 0 Å². The second-order valence-electron chi connectivity index (χ2n) is 4.08. The quantitative estimate of drug-likeness (QED) is 0.808. The predicted octanol–water partition coefficient (Wildman–Crippen LogP) is 0.275. The van der Waals surface area contributed by atoms with Crippen LogP contribution in [0.3, 0.4) is 0 Å². The Balaban J connectivity index is 2.35. The number of nitrogens with zero attached hydrogens (tertiary/aromatic N) is 3. The van der Waals surface area contributed by atoms with E-state index >= 15 is 0 Å². The number of ether oxygens (including phenoxy) is 1. The Kier molecular flexibility index (Phi) is 3.76. The zero-order valence-corrected chi connectivity index (χ0v) is 9.89. The van der Waals surface area contributed by atoms with Gasteiger partial charge in [0.05, 0.1) is 25.9 Å². The molecule has 1 aliphatic heterocycles. The minimum Gasteiger partial charge on any atom is -0.394 e. The highest BCUT2D eigenvalue weighted by atomic mass is 19.4. The van der Waals surface area contributed by atoms with Crippen molar-refractivity contribution in [1.29, 1.82) is 0 Å². The lowest BCUT2D eigenvalue weighted by atomic mass is 10.2. The van der Waals surface area contributed by atoms with E-state index in [1.807, 2.05) is 0 Å². The van der Waals surface area contributed by atoms with E-state index in [2.05, 4.69) is 9.97 Å². The Morgan fingerprint density at radius 3 is 2.84 bits per heavy atom. The summed E-state index contributed by atoms with van der Waals surface area (Å²) in [5.74, 6) is -1.51. The lowest BCUT2D eigenvalue weighted by Crippen LogP contribution is -2.48. The summed E-state index contributed by atoms with van der Waals surface area (Å²) in [6.45, 7) is 0.660. The fourth-order valence-corrected chi connectivity index (χ4v) is 1.83. The average molecular weight is 278 g/mol. The van der Waals surface area contributed by atoms with Gasteiger partial charge in [-0.25, -0.2) is 9.97 Å². The summed E-state index contributed by atoms with van der Waals surface area (Å²) in [6.07, 6.45) is -4.66. The molecule has 0 amide bonds. The third-order valence-electron chi connectivity index (χ3n) is 2.72. The van der Waals surface area contributed by atoms with Gasteiger partial charge in [0, 0.05) is 12.6 Å². The first kappa shape index (κ1) is 13.8. The van der Waals surface area contributed by atoms with Crippen LogP contribution in [0, 0.1) is 0 Å². The lowest BCUT2D eigenvalue weighted by Gasteiger charge is -2.35. The Morgan fingerprint density at radius 2 is 2.21 bits per heavy atom. The molecule has 19 heavy (non-hydrogen) atoms. The van der Waals surface area contributed by atoms with Crippen molar-refractivity contribution < 1.29 is 23.0 Å². The second-order valence-corrected chi connectivity index (χ2v) is 4.08. The minimum absolute atomic E-state index is 0.0437. The van der Waals surface area contributed by atoms with Gasteiger partial charge in [0.25, 0.3) is 0 Å². The number of aromatic nitrogens is 2. The highest BCUT2D eigenvalue weighted by molar-refractivity contribution is 5.48. The maximum absolute atomic E-state index is 12.6. The summed E-state index contributed by atoms with van der Waals surface area (Å²) < 4.78 is 43.0. The van der Waals surface area contributed by atoms with E-state index in [4.69, 9.17) is 10.5 Å². The molecule has 1 saturated heterocycles. The number of aliphatic hydroxyl groups is 1. The third kappa shape index (κ3) is 3.04. The number of hydrogen-bond donors (Lipinski definition) is 2. The number of halogens is 3. The Hall–Kier alpha value is -1.61. The lowest BCUT2D eigenvalue weighted by molar-refractivity contribution is -0.144. The molecule has 0 saturated carbocycles. The van der Waals surface area contributed by atoms with Crippen molar-refractivity contribution in [3.63, 3.8) is 0 Å². The number of rotatable bonds is 2. The van der Waals surface area contributed by atoms with Gasteiger partial charge >= 0.3 is 6.18 Å². The number of morpholine rings is 1. The van der Waals surface area contributed by atoms with Gasteiger partial charge in [-0.1, -0.05) is 0 Å². The first-order valence-electron chi connectivity index (χ1n) is 5.59. The van der Waals surface area contributed by atoms with Crippen molar-refractivity contribution in [2.24, 2.45) is 0 Å². The van der Waals surface area contributed by atoms with E-state index in [1.165, 1.54) is 11.0 Å². The maximum atomic E-state index is 12.6. The fourth-order valence-electron chi connectivity index (χ4n) is 1.83. The standard InChI is InChI=1S/C10H13F3N4O2/c11-10(12,13)9-15-7(14)3-8(16-9)17-1-2-19-5-6(17)4-18/h3,6,18H,1-2,4-5H2,(H2,14,15,16). The summed E-state index contributed by atoms with van der Waals surface area (Å²) in [4.78, 5) is 8.18. The van der Waals surface area contributed by atoms with Gasteiger partial charge in [-0.05, 0) is 0 Å². The van der Waals surface area contributed by atoms with Crippen LogP contribution in [0.5, 0.6) is 0 Å². The summed E-state index contributed by atoms with van der Waals surface area (Å²) in [5, 5.41) is 9.20. The first-order chi connectivity index (χ1) is 8.91. The number of hydrogen-bond acceptors (Lipinski definition) is 6. The van der Waals surface area contributed by atoms with Crippen molar-refractivity contribution in [3.05, 3.63) is 11.9 Å². The van der Waals surface area contributed by atoms with Crippen LogP contribution >= 0.6 is 0 Å². The number of anilines is 2. The molecule has 1 atom stereocenters. The molecule has 1 aromatic heterocycles. The number of nitrogen functional groups attached to an aromatic ring is 1. The summed E-state index contributed by atoms with van der Waals surface area (Å²) in [6, 6.07) is 0.813. The minimum atomic E-state index is -4.66. The first-order valence-corrected chi connectivity index (χ1v) is 5.59. The molecular formula is C10H13F3N4O2. The highest BCUT2D eigenvalue weighted by Crippen LogP contribution is 2.29. The number of aliphatic hydroxyl groups excluding tert-OH is 1. The molecule has 106 valence electrons. The molecule has 9 heteroatoms. The van der Waals surface area contributed by atoms with Crippen LogP contribution in [-0.2, 0) is 10.9 Å². The monoisotopic (exact) mass is 278 g/mol. The third-order valence-corrected chi connectivity index (χ3v) is 2.72. The van der Waals surface area contributed by atoms with E-state index in [-0.39, 0.29) is 24.8 Å². The van der Waals surface area contributed by atoms with Crippen molar-refractivity contribution in [1.82, 2.24) is 9.97 Å². The van der Waals surface area contributed by atoms with Crippen molar-refractivity contribution in [2.75, 3.05) is 37.0 Å². The van der Waals surface area contributed by atoms with Crippen LogP contribution in [0.1, 0.15) is 5.82 Å². The van der Waals surface area contributed by atoms with E-state index in [0.717, 1.165) is 0 Å². The van der Waals surface area contributed by atoms with Crippen LogP contribution < -0.4 is 10.6 Å². The molecule has 0 aromatic carbocycles. The summed E-state index contributed by atoms with van der Waals surface area (Å²) in [7, 11) is 0. The fraction of sp³-hybridized carbons (Fsp3) is 0.600. The molecule has 1 aliphatic rings. The van der Waals surface area contributed by atoms with E-state index in [1.54, 1.807) is 0 Å².